The van der Waals surface area contributed by atoms with Crippen LogP contribution in [-0.2, 0) is 4.79 Å². The maximum atomic E-state index is 10.7. The van der Waals surface area contributed by atoms with Crippen LogP contribution in [0.2, 0.25) is 0 Å². The fourth-order valence-electron chi connectivity index (χ4n) is 1.14. The third-order valence-electron chi connectivity index (χ3n) is 2.27. The Morgan fingerprint density at radius 2 is 2.00 bits per heavy atom. The number of hydrogen-bond acceptors (Lipinski definition) is 2. The van der Waals surface area contributed by atoms with Crippen LogP contribution >= 0.6 is 22.6 Å². The third-order valence-corrected chi connectivity index (χ3v) is 4.42. The maximum absolute atomic E-state index is 10.7. The Morgan fingerprint density at radius 1 is 1.44 bits per heavy atom. The Hall–Kier alpha value is -0.160. The lowest BCUT2D eigenvalue weighted by atomic mass is 9.99. The van der Waals surface area contributed by atoms with E-state index in [0.29, 0.717) is 0 Å². The van der Waals surface area contributed by atoms with E-state index in [2.05, 4.69) is 22.6 Å². The molecule has 0 aliphatic heterocycles. The van der Waals surface area contributed by atoms with Crippen molar-refractivity contribution in [2.24, 2.45) is 0 Å². The van der Waals surface area contributed by atoms with Crippen LogP contribution in [0.15, 0.2) is 23.8 Å². The SMILES string of the molecule is CC(=O)/C=C/C=C(\C)CCC(I)C(C)(C)O. The molecule has 0 amide bonds. The molecule has 0 aromatic rings. The van der Waals surface area contributed by atoms with Gasteiger partial charge in [-0.2, -0.15) is 0 Å². The molecule has 0 rings (SSSR count). The molecule has 0 radical (unpaired) electrons. The molecule has 0 saturated heterocycles. The van der Waals surface area contributed by atoms with Gasteiger partial charge in [0, 0.05) is 3.92 Å². The number of hydrogen-bond donors (Lipinski definition) is 1. The average Bonchev–Trinajstić information content (AvgIpc) is 2.11. The van der Waals surface area contributed by atoms with Gasteiger partial charge in [-0.05, 0) is 46.6 Å². The van der Waals surface area contributed by atoms with Crippen LogP contribution in [0, 0.1) is 0 Å². The summed E-state index contributed by atoms with van der Waals surface area (Å²) in [6.45, 7) is 7.24. The van der Waals surface area contributed by atoms with Gasteiger partial charge in [0.25, 0.3) is 0 Å². The zero-order chi connectivity index (χ0) is 12.8. The maximum Gasteiger partial charge on any atom is 0.152 e. The summed E-state index contributed by atoms with van der Waals surface area (Å²) < 4.78 is 0.241. The van der Waals surface area contributed by atoms with Crippen LogP contribution in [-0.4, -0.2) is 20.4 Å². The van der Waals surface area contributed by atoms with Gasteiger partial charge in [0.1, 0.15) is 0 Å². The molecule has 1 unspecified atom stereocenters. The summed E-state index contributed by atoms with van der Waals surface area (Å²) in [5.74, 6) is 0.0623. The van der Waals surface area contributed by atoms with Gasteiger partial charge in [-0.15, -0.1) is 0 Å². The van der Waals surface area contributed by atoms with Crippen molar-refractivity contribution >= 4 is 28.4 Å². The van der Waals surface area contributed by atoms with Gasteiger partial charge in [-0.25, -0.2) is 0 Å². The first kappa shape index (κ1) is 15.8. The van der Waals surface area contributed by atoms with Crippen molar-refractivity contribution in [3.63, 3.8) is 0 Å². The molecule has 0 aliphatic carbocycles. The molecule has 0 bridgehead atoms. The van der Waals surface area contributed by atoms with Gasteiger partial charge < -0.3 is 5.11 Å². The fourth-order valence-corrected chi connectivity index (χ4v) is 1.45. The first-order valence-electron chi connectivity index (χ1n) is 5.44. The van der Waals surface area contributed by atoms with Crippen LogP contribution in [0.1, 0.15) is 40.5 Å². The van der Waals surface area contributed by atoms with E-state index in [0.717, 1.165) is 12.8 Å². The second-order valence-corrected chi connectivity index (χ2v) is 6.15. The number of ketones is 1. The predicted molar refractivity (Wildman–Crippen MR) is 76.9 cm³/mol. The lowest BCUT2D eigenvalue weighted by molar-refractivity contribution is -0.112. The summed E-state index contributed by atoms with van der Waals surface area (Å²) in [5.41, 5.74) is 0.596. The molecule has 92 valence electrons. The van der Waals surface area contributed by atoms with Crippen molar-refractivity contribution in [2.45, 2.75) is 50.1 Å². The number of halogens is 1. The molecule has 2 nitrogen and oxygen atoms in total. The smallest absolute Gasteiger partial charge is 0.152 e. The van der Waals surface area contributed by atoms with Crippen LogP contribution in [0.4, 0.5) is 0 Å². The van der Waals surface area contributed by atoms with Gasteiger partial charge >= 0.3 is 0 Å². The number of rotatable bonds is 6. The van der Waals surface area contributed by atoms with Crippen LogP contribution in [0.3, 0.4) is 0 Å². The standard InChI is InChI=1S/C13H21IO2/c1-10(6-5-7-11(2)15)8-9-12(14)13(3,4)16/h5-7,12,16H,8-9H2,1-4H3/b7-5+,10-6+. The molecule has 1 atom stereocenters. The first-order valence-corrected chi connectivity index (χ1v) is 6.69. The van der Waals surface area contributed by atoms with Crippen molar-refractivity contribution in [1.82, 2.24) is 0 Å². The highest BCUT2D eigenvalue weighted by Crippen LogP contribution is 2.24. The third kappa shape index (κ3) is 8.05. The molecular formula is C13H21IO2. The minimum atomic E-state index is -0.629. The second kappa shape index (κ2) is 7.22. The quantitative estimate of drug-likeness (QED) is 0.349. The second-order valence-electron chi connectivity index (χ2n) is 4.64. The Labute approximate surface area is 112 Å². The van der Waals surface area contributed by atoms with E-state index in [1.54, 1.807) is 12.2 Å². The summed E-state index contributed by atoms with van der Waals surface area (Å²) in [6, 6.07) is 0. The lowest BCUT2D eigenvalue weighted by Crippen LogP contribution is -2.30. The molecule has 0 fully saturated rings. The molecule has 0 aliphatic rings. The van der Waals surface area contributed by atoms with E-state index in [4.69, 9.17) is 0 Å². The molecule has 1 N–H and O–H groups in total. The highest BCUT2D eigenvalue weighted by atomic mass is 127. The van der Waals surface area contributed by atoms with E-state index in [1.807, 2.05) is 26.8 Å². The van der Waals surface area contributed by atoms with E-state index in [1.165, 1.54) is 12.5 Å². The van der Waals surface area contributed by atoms with Gasteiger partial charge in [-0.1, -0.05) is 40.3 Å². The minimum Gasteiger partial charge on any atom is -0.389 e. The van der Waals surface area contributed by atoms with Gasteiger partial charge in [0.15, 0.2) is 5.78 Å². The summed E-state index contributed by atoms with van der Waals surface area (Å²) in [4.78, 5) is 10.7. The van der Waals surface area contributed by atoms with E-state index < -0.39 is 5.60 Å². The Kier molecular flexibility index (Phi) is 7.15. The molecule has 0 aromatic heterocycles. The molecule has 0 saturated carbocycles. The van der Waals surface area contributed by atoms with Crippen LogP contribution in [0.5, 0.6) is 0 Å². The van der Waals surface area contributed by atoms with Gasteiger partial charge in [0.2, 0.25) is 0 Å². The highest BCUT2D eigenvalue weighted by Gasteiger charge is 2.23. The van der Waals surface area contributed by atoms with E-state index in [9.17, 15) is 9.90 Å². The van der Waals surface area contributed by atoms with Crippen molar-refractivity contribution in [1.29, 1.82) is 0 Å². The highest BCUT2D eigenvalue weighted by molar-refractivity contribution is 14.1. The monoisotopic (exact) mass is 336 g/mol. The Balaban J connectivity index is 4.07. The summed E-state index contributed by atoms with van der Waals surface area (Å²) in [6.07, 6.45) is 7.18. The molecule has 0 heterocycles. The Bertz CT molecular complexity index is 285. The average molecular weight is 336 g/mol. The minimum absolute atomic E-state index is 0.0623. The lowest BCUT2D eigenvalue weighted by Gasteiger charge is -2.24. The summed E-state index contributed by atoms with van der Waals surface area (Å²) >= 11 is 2.28. The normalized spacial score (nSPS) is 15.5. The number of alkyl halides is 1. The zero-order valence-corrected chi connectivity index (χ0v) is 12.6. The first-order chi connectivity index (χ1) is 7.23. The fraction of sp³-hybridized carbons (Fsp3) is 0.615. The molecule has 0 aromatic carbocycles. The molecule has 0 spiro atoms. The number of allylic oxidation sites excluding steroid dienone is 4. The number of aliphatic hydroxyl groups is 1. The molecule has 3 heteroatoms. The van der Waals surface area contributed by atoms with Gasteiger partial charge in [-0.3, -0.25) is 4.79 Å². The van der Waals surface area contributed by atoms with Crippen LogP contribution in [0.25, 0.3) is 0 Å². The largest absolute Gasteiger partial charge is 0.389 e. The Morgan fingerprint density at radius 3 is 2.44 bits per heavy atom. The van der Waals surface area contributed by atoms with Crippen molar-refractivity contribution in [3.8, 4) is 0 Å². The van der Waals surface area contributed by atoms with E-state index >= 15 is 0 Å². The van der Waals surface area contributed by atoms with Crippen molar-refractivity contribution in [2.75, 3.05) is 0 Å². The van der Waals surface area contributed by atoms with Crippen LogP contribution < -0.4 is 0 Å². The number of carbonyl (C=O) groups excluding carboxylic acids is 1. The number of carbonyl (C=O) groups is 1. The van der Waals surface area contributed by atoms with Gasteiger partial charge in [0.05, 0.1) is 5.60 Å². The summed E-state index contributed by atoms with van der Waals surface area (Å²) in [7, 11) is 0. The topological polar surface area (TPSA) is 37.3 Å². The van der Waals surface area contributed by atoms with Crippen molar-refractivity contribution < 1.29 is 9.90 Å². The predicted octanol–water partition coefficient (Wildman–Crippen LogP) is 3.43. The van der Waals surface area contributed by atoms with Crippen molar-refractivity contribution in [3.05, 3.63) is 23.8 Å². The summed E-state index contributed by atoms with van der Waals surface area (Å²) in [5, 5.41) is 9.76. The zero-order valence-electron chi connectivity index (χ0n) is 10.5. The molecular weight excluding hydrogens is 315 g/mol. The van der Waals surface area contributed by atoms with E-state index in [-0.39, 0.29) is 9.71 Å². The molecule has 16 heavy (non-hydrogen) atoms.